The molecule has 0 unspecified atom stereocenters. The van der Waals surface area contributed by atoms with Gasteiger partial charge in [0, 0.05) is 40.4 Å². The van der Waals surface area contributed by atoms with E-state index in [1.807, 2.05) is 61.5 Å². The Balaban J connectivity index is 1.92. The highest BCUT2D eigenvalue weighted by molar-refractivity contribution is 7.99. The van der Waals surface area contributed by atoms with E-state index in [1.165, 1.54) is 4.90 Å². The van der Waals surface area contributed by atoms with Crippen molar-refractivity contribution in [1.82, 2.24) is 4.98 Å². The van der Waals surface area contributed by atoms with Crippen molar-refractivity contribution in [2.75, 3.05) is 26.1 Å². The molecule has 1 aromatic heterocycles. The third-order valence-corrected chi connectivity index (χ3v) is 5.80. The molecule has 1 heterocycles. The molecule has 0 aliphatic carbocycles. The van der Waals surface area contributed by atoms with E-state index in [0.29, 0.717) is 0 Å². The molecule has 5 heteroatoms. The van der Waals surface area contributed by atoms with Crippen molar-refractivity contribution in [2.24, 2.45) is 0 Å². The number of anilines is 1. The lowest BCUT2D eigenvalue weighted by Gasteiger charge is -2.15. The summed E-state index contributed by atoms with van der Waals surface area (Å²) in [5.41, 5.74) is 3.88. The Hall–Kier alpha value is -3.05. The first-order chi connectivity index (χ1) is 13.6. The molecule has 0 spiro atoms. The molecule has 0 amide bonds. The number of phenolic OH excluding ortho intramolecular Hbond substituents is 1. The minimum Gasteiger partial charge on any atom is -0.506 e. The number of nitrogens with zero attached hydrogens (tertiary/aromatic N) is 1. The van der Waals surface area contributed by atoms with Gasteiger partial charge in [-0.3, -0.25) is 0 Å². The van der Waals surface area contributed by atoms with Crippen LogP contribution in [-0.2, 0) is 0 Å². The van der Waals surface area contributed by atoms with Gasteiger partial charge in [0.05, 0.1) is 18.5 Å². The first kappa shape index (κ1) is 18.3. The van der Waals surface area contributed by atoms with Gasteiger partial charge in [-0.25, -0.2) is 0 Å². The predicted octanol–water partition coefficient (Wildman–Crippen LogP) is 5.77. The lowest BCUT2D eigenvalue weighted by Crippen LogP contribution is -2.08. The van der Waals surface area contributed by atoms with E-state index in [1.54, 1.807) is 24.9 Å². The minimum atomic E-state index is 0.267. The Bertz CT molecular complexity index is 1120. The fourth-order valence-corrected chi connectivity index (χ4v) is 4.30. The Morgan fingerprint density at radius 2 is 1.75 bits per heavy atom. The number of H-pyrrole nitrogens is 1. The van der Waals surface area contributed by atoms with Gasteiger partial charge in [0.25, 0.3) is 0 Å². The van der Waals surface area contributed by atoms with Crippen LogP contribution in [0.2, 0.25) is 0 Å². The molecular formula is C23H22N2O2S. The van der Waals surface area contributed by atoms with E-state index in [9.17, 15) is 5.11 Å². The number of aromatic hydroxyl groups is 1. The third kappa shape index (κ3) is 3.41. The van der Waals surface area contributed by atoms with Crippen LogP contribution in [0.25, 0.3) is 22.2 Å². The molecule has 0 saturated carbocycles. The van der Waals surface area contributed by atoms with E-state index < -0.39 is 0 Å². The second-order valence-electron chi connectivity index (χ2n) is 6.75. The normalized spacial score (nSPS) is 11.0. The van der Waals surface area contributed by atoms with Gasteiger partial charge in [-0.2, -0.15) is 0 Å². The van der Waals surface area contributed by atoms with Crippen LogP contribution in [0.3, 0.4) is 0 Å². The van der Waals surface area contributed by atoms with E-state index >= 15 is 0 Å². The molecule has 0 bridgehead atoms. The summed E-state index contributed by atoms with van der Waals surface area (Å²) in [5.74, 6) is 1.09. The SMILES string of the molecule is COc1ccc2[nH]c(-c3ccc(O)c(N(C)C)c3)c(Sc3ccccc3)c2c1. The number of ether oxygens (including phenoxy) is 1. The van der Waals surface area contributed by atoms with Gasteiger partial charge in [0.15, 0.2) is 0 Å². The molecule has 0 aliphatic heterocycles. The predicted molar refractivity (Wildman–Crippen MR) is 117 cm³/mol. The van der Waals surface area contributed by atoms with Crippen molar-refractivity contribution in [3.63, 3.8) is 0 Å². The van der Waals surface area contributed by atoms with Gasteiger partial charge in [-0.05, 0) is 48.5 Å². The molecule has 4 aromatic rings. The molecule has 3 aromatic carbocycles. The smallest absolute Gasteiger partial charge is 0.138 e. The number of hydrogen-bond acceptors (Lipinski definition) is 4. The molecule has 0 saturated heterocycles. The molecule has 4 nitrogen and oxygen atoms in total. The lowest BCUT2D eigenvalue weighted by molar-refractivity contribution is 0.415. The van der Waals surface area contributed by atoms with Crippen LogP contribution in [0.5, 0.6) is 11.5 Å². The van der Waals surface area contributed by atoms with Crippen LogP contribution in [0.15, 0.2) is 76.5 Å². The van der Waals surface area contributed by atoms with E-state index in [-0.39, 0.29) is 5.75 Å². The Kier molecular flexibility index (Phi) is 4.92. The van der Waals surface area contributed by atoms with Gasteiger partial charge >= 0.3 is 0 Å². The highest BCUT2D eigenvalue weighted by Gasteiger charge is 2.17. The maximum atomic E-state index is 10.2. The fraction of sp³-hybridized carbons (Fsp3) is 0.130. The van der Waals surface area contributed by atoms with E-state index in [0.717, 1.165) is 38.5 Å². The Labute approximate surface area is 168 Å². The van der Waals surface area contributed by atoms with Crippen LogP contribution >= 0.6 is 11.8 Å². The number of nitrogens with one attached hydrogen (secondary N) is 1. The number of rotatable bonds is 5. The second-order valence-corrected chi connectivity index (χ2v) is 7.84. The number of methoxy groups -OCH3 is 1. The summed E-state index contributed by atoms with van der Waals surface area (Å²) in [6, 6.07) is 22.1. The number of fused-ring (bicyclic) bond motifs is 1. The molecular weight excluding hydrogens is 368 g/mol. The van der Waals surface area contributed by atoms with Crippen molar-refractivity contribution < 1.29 is 9.84 Å². The molecule has 4 rings (SSSR count). The van der Waals surface area contributed by atoms with Crippen molar-refractivity contribution in [3.8, 4) is 22.8 Å². The van der Waals surface area contributed by atoms with Gasteiger partial charge in [0.1, 0.15) is 11.5 Å². The van der Waals surface area contributed by atoms with Gasteiger partial charge in [-0.15, -0.1) is 0 Å². The maximum Gasteiger partial charge on any atom is 0.138 e. The van der Waals surface area contributed by atoms with Gasteiger partial charge in [0.2, 0.25) is 0 Å². The Morgan fingerprint density at radius 3 is 2.46 bits per heavy atom. The molecule has 28 heavy (non-hydrogen) atoms. The van der Waals surface area contributed by atoms with Crippen LogP contribution in [0, 0.1) is 0 Å². The van der Waals surface area contributed by atoms with Gasteiger partial charge < -0.3 is 19.7 Å². The summed E-state index contributed by atoms with van der Waals surface area (Å²) in [6.07, 6.45) is 0. The molecule has 0 radical (unpaired) electrons. The number of benzene rings is 3. The number of aromatic nitrogens is 1. The highest BCUT2D eigenvalue weighted by Crippen LogP contribution is 2.43. The van der Waals surface area contributed by atoms with Crippen LogP contribution in [0.4, 0.5) is 5.69 Å². The van der Waals surface area contributed by atoms with Crippen LogP contribution in [-0.4, -0.2) is 31.3 Å². The summed E-state index contributed by atoms with van der Waals surface area (Å²) in [6.45, 7) is 0. The minimum absolute atomic E-state index is 0.267. The molecule has 2 N–H and O–H groups in total. The average Bonchev–Trinajstić information content (AvgIpc) is 3.06. The van der Waals surface area contributed by atoms with E-state index in [2.05, 4.69) is 23.2 Å². The maximum absolute atomic E-state index is 10.2. The molecule has 142 valence electrons. The standard InChI is InChI=1S/C23H22N2O2S/c1-25(2)20-13-15(9-12-21(20)26)22-23(28-17-7-5-4-6-8-17)18-14-16(27-3)10-11-19(18)24-22/h4-14,24,26H,1-3H3. The number of aromatic amines is 1. The van der Waals surface area contributed by atoms with Crippen LogP contribution in [0.1, 0.15) is 0 Å². The summed E-state index contributed by atoms with van der Waals surface area (Å²) in [4.78, 5) is 7.77. The van der Waals surface area contributed by atoms with Crippen molar-refractivity contribution in [3.05, 3.63) is 66.7 Å². The summed E-state index contributed by atoms with van der Waals surface area (Å²) in [7, 11) is 5.53. The zero-order valence-corrected chi connectivity index (χ0v) is 16.9. The summed E-state index contributed by atoms with van der Waals surface area (Å²) < 4.78 is 5.45. The van der Waals surface area contributed by atoms with Crippen molar-refractivity contribution >= 4 is 28.4 Å². The van der Waals surface area contributed by atoms with Crippen molar-refractivity contribution in [2.45, 2.75) is 9.79 Å². The molecule has 0 aliphatic rings. The topological polar surface area (TPSA) is 48.5 Å². The molecule has 0 atom stereocenters. The fourth-order valence-electron chi connectivity index (χ4n) is 3.23. The Morgan fingerprint density at radius 1 is 0.964 bits per heavy atom. The molecule has 0 fully saturated rings. The average molecular weight is 391 g/mol. The second kappa shape index (κ2) is 7.52. The highest BCUT2D eigenvalue weighted by atomic mass is 32.2. The lowest BCUT2D eigenvalue weighted by atomic mass is 10.1. The van der Waals surface area contributed by atoms with Crippen LogP contribution < -0.4 is 9.64 Å². The number of hydrogen-bond donors (Lipinski definition) is 2. The zero-order chi connectivity index (χ0) is 19.7. The first-order valence-corrected chi connectivity index (χ1v) is 9.82. The third-order valence-electron chi connectivity index (χ3n) is 4.67. The van der Waals surface area contributed by atoms with E-state index in [4.69, 9.17) is 4.74 Å². The zero-order valence-electron chi connectivity index (χ0n) is 16.1. The summed E-state index contributed by atoms with van der Waals surface area (Å²) in [5, 5.41) is 11.3. The first-order valence-electron chi connectivity index (χ1n) is 9.00. The quantitative estimate of drug-likeness (QED) is 0.454. The largest absolute Gasteiger partial charge is 0.506 e. The monoisotopic (exact) mass is 390 g/mol. The number of phenols is 1. The summed E-state index contributed by atoms with van der Waals surface area (Å²) >= 11 is 1.72. The van der Waals surface area contributed by atoms with Gasteiger partial charge in [-0.1, -0.05) is 30.0 Å². The van der Waals surface area contributed by atoms with Crippen molar-refractivity contribution in [1.29, 1.82) is 0 Å².